The maximum atomic E-state index is 12.1. The lowest BCUT2D eigenvalue weighted by atomic mass is 10.0. The topological polar surface area (TPSA) is 34.1 Å². The van der Waals surface area contributed by atoms with E-state index < -0.39 is 0 Å². The summed E-state index contributed by atoms with van der Waals surface area (Å²) in [6.45, 7) is 4.46. The smallest absolute Gasteiger partial charge is 0.132 e. The first-order valence-electron chi connectivity index (χ1n) is 15.7. The Bertz CT molecular complexity index is 429. The van der Waals surface area contributed by atoms with Crippen molar-refractivity contribution in [2.24, 2.45) is 0 Å². The maximum absolute atomic E-state index is 12.1. The van der Waals surface area contributed by atoms with Crippen LogP contribution in [0.2, 0.25) is 0 Å². The van der Waals surface area contributed by atoms with Crippen molar-refractivity contribution in [3.05, 3.63) is 0 Å². The summed E-state index contributed by atoms with van der Waals surface area (Å²) in [6.07, 6.45) is 34.1. The fraction of sp³-hybridized carbons (Fsp3) is 0.939. The summed E-state index contributed by atoms with van der Waals surface area (Å²) >= 11 is 0. The van der Waals surface area contributed by atoms with Crippen LogP contribution in [0.5, 0.6) is 0 Å². The van der Waals surface area contributed by atoms with Gasteiger partial charge in [-0.15, -0.1) is 0 Å². The molecule has 0 saturated carbocycles. The Hall–Kier alpha value is -0.660. The minimum absolute atomic E-state index is 0. The van der Waals surface area contributed by atoms with Gasteiger partial charge >= 0.3 is 0 Å². The van der Waals surface area contributed by atoms with Gasteiger partial charge in [-0.25, -0.2) is 0 Å². The predicted octanol–water partition coefficient (Wildman–Crippen LogP) is 11.7. The Morgan fingerprint density at radius 3 is 0.743 bits per heavy atom. The molecule has 0 radical (unpaired) electrons. The molecule has 0 aliphatic carbocycles. The molecule has 2 heteroatoms. The SMILES string of the molecule is C.CCCCCCCCCCCCCC(=O)CCCCCCCCCCCCC(=O)CCCCC. The molecule has 0 aromatic heterocycles. The molecule has 0 spiro atoms. The normalized spacial score (nSPS) is 10.9. The molecule has 2 nitrogen and oxygen atoms in total. The van der Waals surface area contributed by atoms with Crippen LogP contribution in [0.15, 0.2) is 0 Å². The number of unbranched alkanes of at least 4 members (excludes halogenated alkanes) is 21. The van der Waals surface area contributed by atoms with Gasteiger partial charge in [0.1, 0.15) is 11.6 Å². The van der Waals surface area contributed by atoms with Gasteiger partial charge in [-0.1, -0.05) is 150 Å². The molecular formula is C33H66O2. The third-order valence-corrected chi connectivity index (χ3v) is 7.28. The second-order valence-electron chi connectivity index (χ2n) is 10.9. The van der Waals surface area contributed by atoms with Crippen LogP contribution in [0.4, 0.5) is 0 Å². The standard InChI is InChI=1S/C32H62O2.CH4/c1-3-5-7-8-9-10-11-14-17-21-25-29-32(34)30-26-22-19-16-13-12-15-18-20-24-28-31(33)27-23-6-4-2;/h3-30H2,1-2H3;1H4. The van der Waals surface area contributed by atoms with Crippen LogP contribution in [0.25, 0.3) is 0 Å². The van der Waals surface area contributed by atoms with Gasteiger partial charge in [-0.05, 0) is 25.7 Å². The molecule has 0 bridgehead atoms. The number of Topliss-reactive ketones (excluding diaryl/α,β-unsaturated/α-hetero) is 2. The summed E-state index contributed by atoms with van der Waals surface area (Å²) in [5, 5.41) is 0. The van der Waals surface area contributed by atoms with E-state index in [1.165, 1.54) is 128 Å². The largest absolute Gasteiger partial charge is 0.300 e. The molecule has 0 amide bonds. The Morgan fingerprint density at radius 2 is 0.486 bits per heavy atom. The quantitative estimate of drug-likeness (QED) is 0.0968. The summed E-state index contributed by atoms with van der Waals surface area (Å²) in [4.78, 5) is 23.8. The van der Waals surface area contributed by atoms with Gasteiger partial charge < -0.3 is 0 Å². The number of hydrogen-bond acceptors (Lipinski definition) is 2. The fourth-order valence-corrected chi connectivity index (χ4v) is 4.87. The lowest BCUT2D eigenvalue weighted by Gasteiger charge is -2.04. The van der Waals surface area contributed by atoms with Crippen LogP contribution in [-0.2, 0) is 9.59 Å². The van der Waals surface area contributed by atoms with Gasteiger partial charge in [-0.3, -0.25) is 9.59 Å². The number of carbonyl (C=O) groups excluding carboxylic acids is 2. The Labute approximate surface area is 222 Å². The Morgan fingerprint density at radius 1 is 0.314 bits per heavy atom. The van der Waals surface area contributed by atoms with Crippen molar-refractivity contribution >= 4 is 11.6 Å². The molecule has 0 aliphatic rings. The van der Waals surface area contributed by atoms with Crippen LogP contribution in [0.1, 0.15) is 201 Å². The summed E-state index contributed by atoms with van der Waals surface area (Å²) < 4.78 is 0. The van der Waals surface area contributed by atoms with E-state index in [1.807, 2.05) is 0 Å². The van der Waals surface area contributed by atoms with Crippen molar-refractivity contribution in [2.75, 3.05) is 0 Å². The molecule has 0 atom stereocenters. The predicted molar refractivity (Wildman–Crippen MR) is 157 cm³/mol. The van der Waals surface area contributed by atoms with Crippen molar-refractivity contribution in [2.45, 2.75) is 201 Å². The number of hydrogen-bond donors (Lipinski definition) is 0. The molecule has 0 heterocycles. The second-order valence-corrected chi connectivity index (χ2v) is 10.9. The van der Waals surface area contributed by atoms with E-state index in [1.54, 1.807) is 0 Å². The highest BCUT2D eigenvalue weighted by Gasteiger charge is 2.03. The first kappa shape index (κ1) is 36.5. The maximum Gasteiger partial charge on any atom is 0.132 e. The van der Waals surface area contributed by atoms with Crippen molar-refractivity contribution in [3.8, 4) is 0 Å². The molecule has 0 aromatic rings. The van der Waals surface area contributed by atoms with E-state index in [2.05, 4.69) is 13.8 Å². The number of rotatable bonds is 29. The number of ketones is 2. The lowest BCUT2D eigenvalue weighted by Crippen LogP contribution is -1.97. The van der Waals surface area contributed by atoms with Crippen LogP contribution >= 0.6 is 0 Å². The van der Waals surface area contributed by atoms with Crippen LogP contribution < -0.4 is 0 Å². The van der Waals surface area contributed by atoms with E-state index >= 15 is 0 Å². The molecular weight excluding hydrogens is 428 g/mol. The lowest BCUT2D eigenvalue weighted by molar-refractivity contribution is -0.120. The minimum Gasteiger partial charge on any atom is -0.300 e. The zero-order valence-corrected chi connectivity index (χ0v) is 23.6. The molecule has 0 N–H and O–H groups in total. The Kier molecular flexibility index (Phi) is 32.7. The average Bonchev–Trinajstić information content (AvgIpc) is 2.83. The average molecular weight is 495 g/mol. The summed E-state index contributed by atoms with van der Waals surface area (Å²) in [6, 6.07) is 0. The van der Waals surface area contributed by atoms with E-state index in [4.69, 9.17) is 0 Å². The molecule has 0 fully saturated rings. The highest BCUT2D eigenvalue weighted by Crippen LogP contribution is 2.15. The van der Waals surface area contributed by atoms with Crippen molar-refractivity contribution < 1.29 is 9.59 Å². The van der Waals surface area contributed by atoms with E-state index in [-0.39, 0.29) is 7.43 Å². The molecule has 0 unspecified atom stereocenters. The zero-order valence-electron chi connectivity index (χ0n) is 23.6. The van der Waals surface area contributed by atoms with Crippen LogP contribution in [0, 0.1) is 0 Å². The van der Waals surface area contributed by atoms with Gasteiger partial charge in [0.2, 0.25) is 0 Å². The summed E-state index contributed by atoms with van der Waals surface area (Å²) in [7, 11) is 0. The monoisotopic (exact) mass is 495 g/mol. The third kappa shape index (κ3) is 31.3. The fourth-order valence-electron chi connectivity index (χ4n) is 4.87. The molecule has 0 saturated heterocycles. The summed E-state index contributed by atoms with van der Waals surface area (Å²) in [5.41, 5.74) is 0. The second kappa shape index (κ2) is 31.4. The minimum atomic E-state index is 0. The van der Waals surface area contributed by atoms with Gasteiger partial charge in [0.05, 0.1) is 0 Å². The number of carbonyl (C=O) groups is 2. The third-order valence-electron chi connectivity index (χ3n) is 7.28. The van der Waals surface area contributed by atoms with Gasteiger partial charge in [0.15, 0.2) is 0 Å². The first-order valence-corrected chi connectivity index (χ1v) is 15.7. The molecule has 0 aromatic carbocycles. The van der Waals surface area contributed by atoms with E-state index in [9.17, 15) is 9.59 Å². The van der Waals surface area contributed by atoms with E-state index in [0.29, 0.717) is 11.6 Å². The van der Waals surface area contributed by atoms with Gasteiger partial charge in [0.25, 0.3) is 0 Å². The molecule has 0 aliphatic heterocycles. The van der Waals surface area contributed by atoms with Crippen LogP contribution in [0.3, 0.4) is 0 Å². The molecule has 0 rings (SSSR count). The Balaban J connectivity index is 0. The highest BCUT2D eigenvalue weighted by atomic mass is 16.1. The van der Waals surface area contributed by atoms with Crippen molar-refractivity contribution in [3.63, 3.8) is 0 Å². The first-order chi connectivity index (χ1) is 16.7. The zero-order chi connectivity index (χ0) is 25.0. The highest BCUT2D eigenvalue weighted by molar-refractivity contribution is 5.78. The van der Waals surface area contributed by atoms with Gasteiger partial charge in [0, 0.05) is 25.7 Å². The summed E-state index contributed by atoms with van der Waals surface area (Å²) in [5.74, 6) is 0.977. The van der Waals surface area contributed by atoms with Crippen molar-refractivity contribution in [1.82, 2.24) is 0 Å². The van der Waals surface area contributed by atoms with E-state index in [0.717, 1.165) is 51.4 Å². The van der Waals surface area contributed by atoms with Crippen molar-refractivity contribution in [1.29, 1.82) is 0 Å². The molecule has 210 valence electrons. The van der Waals surface area contributed by atoms with Crippen LogP contribution in [-0.4, -0.2) is 11.6 Å². The molecule has 35 heavy (non-hydrogen) atoms. The van der Waals surface area contributed by atoms with Gasteiger partial charge in [-0.2, -0.15) is 0 Å².